The van der Waals surface area contributed by atoms with Crippen LogP contribution in [-0.4, -0.2) is 11.0 Å². The lowest BCUT2D eigenvalue weighted by molar-refractivity contribution is 0.0465. The van der Waals surface area contributed by atoms with Gasteiger partial charge in [-0.2, -0.15) is 5.26 Å². The van der Waals surface area contributed by atoms with Crippen LogP contribution in [0.4, 0.5) is 0 Å². The molecule has 0 spiro atoms. The number of benzene rings is 1. The number of nitrogens with zero attached hydrogens (tertiary/aromatic N) is 2. The highest BCUT2D eigenvalue weighted by molar-refractivity contribution is 5.87. The van der Waals surface area contributed by atoms with E-state index < -0.39 is 5.97 Å². The fourth-order valence-corrected chi connectivity index (χ4v) is 1.75. The quantitative estimate of drug-likeness (QED) is 0.801. The molecule has 0 aliphatic carbocycles. The summed E-state index contributed by atoms with van der Waals surface area (Å²) in [5.74, 6) is -0.490. The van der Waals surface area contributed by atoms with Crippen LogP contribution in [0.5, 0.6) is 0 Å². The van der Waals surface area contributed by atoms with Crippen LogP contribution in [0.2, 0.25) is 0 Å². The van der Waals surface area contributed by atoms with E-state index in [4.69, 9.17) is 10.00 Å². The summed E-state index contributed by atoms with van der Waals surface area (Å²) >= 11 is 0. The molecule has 0 radical (unpaired) electrons. The van der Waals surface area contributed by atoms with Crippen LogP contribution in [0.25, 0.3) is 0 Å². The van der Waals surface area contributed by atoms with Crippen molar-refractivity contribution < 1.29 is 9.53 Å². The largest absolute Gasteiger partial charge is 0.456 e. The lowest BCUT2D eigenvalue weighted by atomic mass is 10.1. The first-order chi connectivity index (χ1) is 9.60. The van der Waals surface area contributed by atoms with Crippen LogP contribution in [0, 0.1) is 25.2 Å². The maximum atomic E-state index is 11.8. The standard InChI is InChI=1S/C16H14N2O2/c1-11-3-4-12(2)14(7-11)10-20-16(19)15-6-5-13(8-17)9-18-15/h3-7,9H,10H2,1-2H3. The summed E-state index contributed by atoms with van der Waals surface area (Å²) < 4.78 is 5.24. The minimum absolute atomic E-state index is 0.203. The molecule has 0 atom stereocenters. The van der Waals surface area contributed by atoms with Gasteiger partial charge in [-0.15, -0.1) is 0 Å². The normalized spacial score (nSPS) is 9.85. The molecule has 0 saturated heterocycles. The van der Waals surface area contributed by atoms with E-state index in [1.165, 1.54) is 12.3 Å². The first-order valence-corrected chi connectivity index (χ1v) is 6.19. The van der Waals surface area contributed by atoms with Gasteiger partial charge in [0.15, 0.2) is 0 Å². The zero-order valence-corrected chi connectivity index (χ0v) is 11.4. The maximum Gasteiger partial charge on any atom is 0.357 e. The molecule has 1 aromatic carbocycles. The maximum absolute atomic E-state index is 11.8. The first kappa shape index (κ1) is 13.8. The van der Waals surface area contributed by atoms with Crippen molar-refractivity contribution in [1.82, 2.24) is 4.98 Å². The number of aryl methyl sites for hydroxylation is 2. The van der Waals surface area contributed by atoms with Crippen molar-refractivity contribution >= 4 is 5.97 Å². The molecule has 4 nitrogen and oxygen atoms in total. The predicted molar refractivity (Wildman–Crippen MR) is 74.0 cm³/mol. The summed E-state index contributed by atoms with van der Waals surface area (Å²) in [6.45, 7) is 4.18. The van der Waals surface area contributed by atoms with Crippen molar-refractivity contribution in [1.29, 1.82) is 5.26 Å². The Labute approximate surface area is 117 Å². The topological polar surface area (TPSA) is 63.0 Å². The molecule has 0 fully saturated rings. The number of rotatable bonds is 3. The Morgan fingerprint density at radius 1 is 1.30 bits per heavy atom. The Kier molecular flexibility index (Phi) is 4.11. The second kappa shape index (κ2) is 5.98. The van der Waals surface area contributed by atoms with E-state index in [9.17, 15) is 4.79 Å². The number of hydrogen-bond acceptors (Lipinski definition) is 4. The summed E-state index contributed by atoms with van der Waals surface area (Å²) in [4.78, 5) is 15.8. The number of ether oxygens (including phenoxy) is 1. The monoisotopic (exact) mass is 266 g/mol. The fraction of sp³-hybridized carbons (Fsp3) is 0.188. The molecule has 2 aromatic rings. The number of carbonyl (C=O) groups excluding carboxylic acids is 1. The Morgan fingerprint density at radius 2 is 2.10 bits per heavy atom. The molecule has 1 heterocycles. The van der Waals surface area contributed by atoms with Crippen LogP contribution in [0.15, 0.2) is 36.5 Å². The molecule has 0 amide bonds. The third kappa shape index (κ3) is 3.21. The van der Waals surface area contributed by atoms with Crippen molar-refractivity contribution in [3.05, 3.63) is 64.5 Å². The number of hydrogen-bond donors (Lipinski definition) is 0. The molecule has 0 aliphatic heterocycles. The Bertz CT molecular complexity index is 670. The van der Waals surface area contributed by atoms with Crippen molar-refractivity contribution in [3.8, 4) is 6.07 Å². The van der Waals surface area contributed by atoms with Crippen molar-refractivity contribution in [2.45, 2.75) is 20.5 Å². The van der Waals surface area contributed by atoms with Crippen molar-refractivity contribution in [3.63, 3.8) is 0 Å². The summed E-state index contributed by atoms with van der Waals surface area (Å²) in [5.41, 5.74) is 3.80. The molecule has 20 heavy (non-hydrogen) atoms. The molecule has 0 unspecified atom stereocenters. The van der Waals surface area contributed by atoms with E-state index >= 15 is 0 Å². The highest BCUT2D eigenvalue weighted by Crippen LogP contribution is 2.12. The Hall–Kier alpha value is -2.67. The van der Waals surface area contributed by atoms with Crippen molar-refractivity contribution in [2.24, 2.45) is 0 Å². The second-order valence-electron chi connectivity index (χ2n) is 4.55. The minimum atomic E-state index is -0.490. The lowest BCUT2D eigenvalue weighted by Crippen LogP contribution is -2.08. The number of aromatic nitrogens is 1. The summed E-state index contributed by atoms with van der Waals surface area (Å²) in [6, 6.07) is 11.0. The first-order valence-electron chi connectivity index (χ1n) is 6.19. The molecule has 0 bridgehead atoms. The Morgan fingerprint density at radius 3 is 2.75 bits per heavy atom. The highest BCUT2D eigenvalue weighted by atomic mass is 16.5. The molecule has 1 aromatic heterocycles. The van der Waals surface area contributed by atoms with E-state index in [-0.39, 0.29) is 12.3 Å². The van der Waals surface area contributed by atoms with Crippen LogP contribution < -0.4 is 0 Å². The van der Waals surface area contributed by atoms with Crippen molar-refractivity contribution in [2.75, 3.05) is 0 Å². The average Bonchev–Trinajstić information content (AvgIpc) is 2.48. The van der Waals surface area contributed by atoms with E-state index in [0.29, 0.717) is 5.56 Å². The fourth-order valence-electron chi connectivity index (χ4n) is 1.75. The average molecular weight is 266 g/mol. The second-order valence-corrected chi connectivity index (χ2v) is 4.55. The van der Waals surface area contributed by atoms with Crippen LogP contribution in [-0.2, 0) is 11.3 Å². The van der Waals surface area contributed by atoms with Crippen LogP contribution in [0.1, 0.15) is 32.7 Å². The van der Waals surface area contributed by atoms with Gasteiger partial charge in [-0.3, -0.25) is 0 Å². The molecular formula is C16H14N2O2. The molecule has 2 rings (SSSR count). The van der Waals surface area contributed by atoms with E-state index in [2.05, 4.69) is 4.98 Å². The van der Waals surface area contributed by atoms with Gasteiger partial charge in [0.05, 0.1) is 5.56 Å². The number of pyridine rings is 1. The lowest BCUT2D eigenvalue weighted by Gasteiger charge is -2.08. The van der Waals surface area contributed by atoms with Gasteiger partial charge in [0.1, 0.15) is 18.4 Å². The predicted octanol–water partition coefficient (Wildman–Crippen LogP) is 2.93. The molecule has 0 aliphatic rings. The molecule has 0 N–H and O–H groups in total. The number of carbonyl (C=O) groups is 1. The van der Waals surface area contributed by atoms with Gasteiger partial charge in [-0.05, 0) is 37.1 Å². The molecule has 0 saturated carbocycles. The van der Waals surface area contributed by atoms with E-state index in [1.807, 2.05) is 38.1 Å². The molecule has 100 valence electrons. The summed E-state index contributed by atoms with van der Waals surface area (Å²) in [6.07, 6.45) is 1.36. The van der Waals surface area contributed by atoms with Crippen LogP contribution in [0.3, 0.4) is 0 Å². The number of nitriles is 1. The van der Waals surface area contributed by atoms with Gasteiger partial charge in [-0.1, -0.05) is 23.8 Å². The SMILES string of the molecule is Cc1ccc(C)c(COC(=O)c2ccc(C#N)cn2)c1. The molecular weight excluding hydrogens is 252 g/mol. The van der Waals surface area contributed by atoms with Gasteiger partial charge >= 0.3 is 5.97 Å². The van der Waals surface area contributed by atoms with Crippen LogP contribution >= 0.6 is 0 Å². The highest BCUT2D eigenvalue weighted by Gasteiger charge is 2.10. The van der Waals surface area contributed by atoms with E-state index in [0.717, 1.165) is 16.7 Å². The summed E-state index contributed by atoms with van der Waals surface area (Å²) in [5, 5.41) is 8.67. The molecule has 4 heteroatoms. The summed E-state index contributed by atoms with van der Waals surface area (Å²) in [7, 11) is 0. The zero-order chi connectivity index (χ0) is 14.5. The third-order valence-corrected chi connectivity index (χ3v) is 2.97. The van der Waals surface area contributed by atoms with E-state index in [1.54, 1.807) is 6.07 Å². The van der Waals surface area contributed by atoms with Gasteiger partial charge < -0.3 is 4.74 Å². The Balaban J connectivity index is 2.04. The third-order valence-electron chi connectivity index (χ3n) is 2.97. The zero-order valence-electron chi connectivity index (χ0n) is 11.4. The van der Waals surface area contributed by atoms with Gasteiger partial charge in [0, 0.05) is 6.20 Å². The smallest absolute Gasteiger partial charge is 0.357 e. The number of esters is 1. The van der Waals surface area contributed by atoms with Gasteiger partial charge in [-0.25, -0.2) is 9.78 Å². The van der Waals surface area contributed by atoms with Gasteiger partial charge in [0.25, 0.3) is 0 Å². The van der Waals surface area contributed by atoms with Gasteiger partial charge in [0.2, 0.25) is 0 Å². The minimum Gasteiger partial charge on any atom is -0.456 e.